The molecule has 0 aliphatic carbocycles. The van der Waals surface area contributed by atoms with E-state index in [1.165, 1.54) is 0 Å². The highest BCUT2D eigenvalue weighted by molar-refractivity contribution is 6.09. The van der Waals surface area contributed by atoms with Crippen LogP contribution in [0.4, 0.5) is 0 Å². The van der Waals surface area contributed by atoms with Gasteiger partial charge in [-0.25, -0.2) is 0 Å². The van der Waals surface area contributed by atoms with E-state index in [9.17, 15) is 0 Å². The van der Waals surface area contributed by atoms with E-state index in [4.69, 9.17) is 0 Å². The molecule has 1 aromatic carbocycles. The second-order valence-corrected chi connectivity index (χ2v) is 7.75. The second kappa shape index (κ2) is 6.46. The van der Waals surface area contributed by atoms with Crippen LogP contribution in [-0.2, 0) is 0 Å². The standard InChI is InChI=1S/C26H16N6/c1-2-5-22-19(4-1)26-25(6-3-9-30-26)32(22)18-12-17(13-29-14-18)31-23-7-10-27-15-20(23)21-16-28-11-8-24(21)31/h1-16H. The maximum absolute atomic E-state index is 4.65. The molecule has 0 radical (unpaired) electrons. The molecule has 0 atom stereocenters. The van der Waals surface area contributed by atoms with E-state index in [2.05, 4.69) is 65.5 Å². The molecule has 6 heterocycles. The summed E-state index contributed by atoms with van der Waals surface area (Å²) >= 11 is 0. The van der Waals surface area contributed by atoms with Crippen molar-refractivity contribution in [1.82, 2.24) is 29.1 Å². The molecule has 150 valence electrons. The molecular formula is C26H16N6. The van der Waals surface area contributed by atoms with Gasteiger partial charge in [-0.3, -0.25) is 19.9 Å². The van der Waals surface area contributed by atoms with Crippen molar-refractivity contribution in [2.75, 3.05) is 0 Å². The number of hydrogen-bond acceptors (Lipinski definition) is 4. The van der Waals surface area contributed by atoms with Crippen molar-refractivity contribution in [3.63, 3.8) is 0 Å². The van der Waals surface area contributed by atoms with Crippen LogP contribution in [0.2, 0.25) is 0 Å². The van der Waals surface area contributed by atoms with Crippen molar-refractivity contribution in [3.05, 3.63) is 98.0 Å². The highest BCUT2D eigenvalue weighted by atomic mass is 15.0. The summed E-state index contributed by atoms with van der Waals surface area (Å²) in [6.45, 7) is 0. The minimum absolute atomic E-state index is 0.981. The summed E-state index contributed by atoms with van der Waals surface area (Å²) in [5, 5.41) is 3.27. The summed E-state index contributed by atoms with van der Waals surface area (Å²) in [6, 6.07) is 18.7. The molecule has 0 unspecified atom stereocenters. The van der Waals surface area contributed by atoms with Crippen molar-refractivity contribution in [2.45, 2.75) is 0 Å². The second-order valence-electron chi connectivity index (χ2n) is 7.75. The van der Waals surface area contributed by atoms with Crippen molar-refractivity contribution < 1.29 is 0 Å². The predicted molar refractivity (Wildman–Crippen MR) is 126 cm³/mol. The monoisotopic (exact) mass is 412 g/mol. The van der Waals surface area contributed by atoms with E-state index >= 15 is 0 Å². The largest absolute Gasteiger partial charge is 0.307 e. The number of pyridine rings is 4. The lowest BCUT2D eigenvalue weighted by Gasteiger charge is -2.11. The average Bonchev–Trinajstić information content (AvgIpc) is 3.37. The highest BCUT2D eigenvalue weighted by Crippen LogP contribution is 2.33. The fourth-order valence-electron chi connectivity index (χ4n) is 4.71. The molecule has 0 aliphatic rings. The van der Waals surface area contributed by atoms with Gasteiger partial charge in [0.05, 0.1) is 51.4 Å². The Balaban J connectivity index is 1.55. The number of nitrogens with zero attached hydrogens (tertiary/aromatic N) is 6. The van der Waals surface area contributed by atoms with Crippen LogP contribution < -0.4 is 0 Å². The van der Waals surface area contributed by atoms with Gasteiger partial charge < -0.3 is 9.13 Å². The first-order chi connectivity index (χ1) is 15.9. The van der Waals surface area contributed by atoms with Gasteiger partial charge in [0.2, 0.25) is 0 Å². The summed E-state index contributed by atoms with van der Waals surface area (Å²) in [4.78, 5) is 17.9. The summed E-state index contributed by atoms with van der Waals surface area (Å²) in [5.41, 5.74) is 7.27. The number of fused-ring (bicyclic) bond motifs is 6. The number of rotatable bonds is 2. The quantitative estimate of drug-likeness (QED) is 0.378. The Morgan fingerprint density at radius 1 is 0.500 bits per heavy atom. The van der Waals surface area contributed by atoms with Crippen LogP contribution in [0.5, 0.6) is 0 Å². The van der Waals surface area contributed by atoms with E-state index in [1.54, 1.807) is 0 Å². The van der Waals surface area contributed by atoms with Gasteiger partial charge in [0.25, 0.3) is 0 Å². The van der Waals surface area contributed by atoms with Crippen LogP contribution in [0.3, 0.4) is 0 Å². The molecule has 7 rings (SSSR count). The van der Waals surface area contributed by atoms with Gasteiger partial charge in [-0.15, -0.1) is 0 Å². The topological polar surface area (TPSA) is 61.4 Å². The van der Waals surface area contributed by atoms with Gasteiger partial charge >= 0.3 is 0 Å². The Bertz CT molecular complexity index is 1560. The number of benzene rings is 1. The SMILES string of the molecule is c1ccc2c(c1)c1ncccc1n2-c1cncc(-n2c3ccncc3c3cnccc32)c1. The van der Waals surface area contributed by atoms with Crippen molar-refractivity contribution in [3.8, 4) is 11.4 Å². The molecule has 6 heteroatoms. The number of para-hydroxylation sites is 1. The van der Waals surface area contributed by atoms with E-state index in [0.29, 0.717) is 0 Å². The van der Waals surface area contributed by atoms with Crippen LogP contribution in [-0.4, -0.2) is 29.1 Å². The van der Waals surface area contributed by atoms with Gasteiger partial charge in [0.1, 0.15) is 0 Å². The van der Waals surface area contributed by atoms with Gasteiger partial charge in [0, 0.05) is 47.1 Å². The predicted octanol–water partition coefficient (Wildman–Crippen LogP) is 5.46. The molecular weight excluding hydrogens is 396 g/mol. The van der Waals surface area contributed by atoms with Crippen LogP contribution in [0.25, 0.3) is 55.1 Å². The molecule has 6 nitrogen and oxygen atoms in total. The first kappa shape index (κ1) is 17.1. The van der Waals surface area contributed by atoms with Crippen molar-refractivity contribution >= 4 is 43.7 Å². The Kier molecular flexibility index (Phi) is 3.46. The lowest BCUT2D eigenvalue weighted by molar-refractivity contribution is 1.09. The lowest BCUT2D eigenvalue weighted by Crippen LogP contribution is -2.00. The molecule has 6 aromatic heterocycles. The van der Waals surface area contributed by atoms with Crippen LogP contribution in [0.15, 0.2) is 98.0 Å². The zero-order valence-corrected chi connectivity index (χ0v) is 16.9. The van der Waals surface area contributed by atoms with Crippen molar-refractivity contribution in [2.24, 2.45) is 0 Å². The molecule has 7 aromatic rings. The first-order valence-corrected chi connectivity index (χ1v) is 10.4. The minimum Gasteiger partial charge on any atom is -0.307 e. The molecule has 0 N–H and O–H groups in total. The zero-order valence-electron chi connectivity index (χ0n) is 16.9. The van der Waals surface area contributed by atoms with E-state index in [1.807, 2.05) is 61.6 Å². The molecule has 0 spiro atoms. The number of aromatic nitrogens is 6. The highest BCUT2D eigenvalue weighted by Gasteiger charge is 2.16. The van der Waals surface area contributed by atoms with Crippen LogP contribution in [0.1, 0.15) is 0 Å². The molecule has 0 saturated carbocycles. The van der Waals surface area contributed by atoms with Gasteiger partial charge in [-0.2, -0.15) is 0 Å². The van der Waals surface area contributed by atoms with Crippen LogP contribution >= 0.6 is 0 Å². The Labute approximate surface area is 182 Å². The molecule has 0 amide bonds. The summed E-state index contributed by atoms with van der Waals surface area (Å²) in [6.07, 6.45) is 13.1. The van der Waals surface area contributed by atoms with E-state index in [0.717, 1.165) is 55.1 Å². The summed E-state index contributed by atoms with van der Waals surface area (Å²) in [5.74, 6) is 0. The maximum Gasteiger partial charge on any atom is 0.0963 e. The fourth-order valence-corrected chi connectivity index (χ4v) is 4.71. The van der Waals surface area contributed by atoms with Gasteiger partial charge in [-0.1, -0.05) is 18.2 Å². The smallest absolute Gasteiger partial charge is 0.0963 e. The molecule has 0 fully saturated rings. The lowest BCUT2D eigenvalue weighted by atomic mass is 10.2. The first-order valence-electron chi connectivity index (χ1n) is 10.4. The zero-order chi connectivity index (χ0) is 21.1. The number of hydrogen-bond donors (Lipinski definition) is 0. The molecule has 0 aliphatic heterocycles. The van der Waals surface area contributed by atoms with Crippen molar-refractivity contribution in [1.29, 1.82) is 0 Å². The van der Waals surface area contributed by atoms with Crippen LogP contribution in [0, 0.1) is 0 Å². The maximum atomic E-state index is 4.65. The Morgan fingerprint density at radius 3 is 1.88 bits per heavy atom. The summed E-state index contributed by atoms with van der Waals surface area (Å²) in [7, 11) is 0. The fraction of sp³-hybridized carbons (Fsp3) is 0. The van der Waals surface area contributed by atoms with E-state index < -0.39 is 0 Å². The third-order valence-electron chi connectivity index (χ3n) is 6.02. The Hall–Kier alpha value is -4.58. The average molecular weight is 412 g/mol. The Morgan fingerprint density at radius 2 is 1.12 bits per heavy atom. The minimum atomic E-state index is 0.981. The molecule has 32 heavy (non-hydrogen) atoms. The van der Waals surface area contributed by atoms with Gasteiger partial charge in [-0.05, 0) is 36.4 Å². The van der Waals surface area contributed by atoms with E-state index in [-0.39, 0.29) is 0 Å². The normalized spacial score (nSPS) is 11.8. The third-order valence-corrected chi connectivity index (χ3v) is 6.02. The third kappa shape index (κ3) is 2.29. The van der Waals surface area contributed by atoms with Gasteiger partial charge in [0.15, 0.2) is 0 Å². The molecule has 0 saturated heterocycles. The summed E-state index contributed by atoms with van der Waals surface area (Å²) < 4.78 is 4.45. The molecule has 0 bridgehead atoms.